The molecule has 2 atom stereocenters. The van der Waals surface area contributed by atoms with Gasteiger partial charge >= 0.3 is 0 Å². The van der Waals surface area contributed by atoms with Crippen LogP contribution in [0.5, 0.6) is 5.75 Å². The summed E-state index contributed by atoms with van der Waals surface area (Å²) in [4.78, 5) is 4.32. The molecule has 0 aromatic heterocycles. The predicted molar refractivity (Wildman–Crippen MR) is 119 cm³/mol. The number of methoxy groups -OCH3 is 1. The second-order valence-corrected chi connectivity index (χ2v) is 6.49. The van der Waals surface area contributed by atoms with E-state index < -0.39 is 0 Å². The number of hydrogen-bond acceptors (Lipinski definition) is 2. The first-order chi connectivity index (χ1) is 12.3. The monoisotopic (exact) mass is 465 g/mol. The molecule has 1 aliphatic carbocycles. The average Bonchev–Trinajstić information content (AvgIpc) is 3.45. The first-order valence-electron chi connectivity index (χ1n) is 8.92. The molecule has 4 nitrogen and oxygen atoms in total. The molecule has 140 valence electrons. The molecule has 2 aromatic carbocycles. The van der Waals surface area contributed by atoms with E-state index in [9.17, 15) is 0 Å². The van der Waals surface area contributed by atoms with Crippen LogP contribution in [-0.4, -0.2) is 33.2 Å². The molecule has 2 N–H and O–H groups in total. The number of nitrogens with zero attached hydrogens (tertiary/aromatic N) is 1. The Morgan fingerprint density at radius 3 is 2.46 bits per heavy atom. The Bertz CT molecular complexity index is 688. The van der Waals surface area contributed by atoms with Gasteiger partial charge in [-0.2, -0.15) is 0 Å². The Labute approximate surface area is 173 Å². The summed E-state index contributed by atoms with van der Waals surface area (Å²) < 4.78 is 5.19. The van der Waals surface area contributed by atoms with E-state index in [0.29, 0.717) is 11.8 Å². The van der Waals surface area contributed by atoms with Crippen LogP contribution in [0.15, 0.2) is 59.6 Å². The zero-order valence-corrected chi connectivity index (χ0v) is 17.8. The topological polar surface area (TPSA) is 45.7 Å². The van der Waals surface area contributed by atoms with Gasteiger partial charge in [0.15, 0.2) is 5.96 Å². The summed E-state index contributed by atoms with van der Waals surface area (Å²) in [6, 6.07) is 19.0. The maximum atomic E-state index is 5.19. The average molecular weight is 465 g/mol. The van der Waals surface area contributed by atoms with Gasteiger partial charge < -0.3 is 15.4 Å². The third-order valence-corrected chi connectivity index (χ3v) is 4.77. The maximum Gasteiger partial charge on any atom is 0.190 e. The molecule has 0 radical (unpaired) electrons. The van der Waals surface area contributed by atoms with Crippen LogP contribution < -0.4 is 15.4 Å². The smallest absolute Gasteiger partial charge is 0.190 e. The van der Waals surface area contributed by atoms with Crippen LogP contribution in [0, 0.1) is 5.92 Å². The van der Waals surface area contributed by atoms with Crippen LogP contribution >= 0.6 is 24.0 Å². The fourth-order valence-electron chi connectivity index (χ4n) is 3.15. The van der Waals surface area contributed by atoms with E-state index in [0.717, 1.165) is 31.2 Å². The van der Waals surface area contributed by atoms with Crippen molar-refractivity contribution in [2.45, 2.75) is 18.8 Å². The molecule has 26 heavy (non-hydrogen) atoms. The minimum Gasteiger partial charge on any atom is -0.497 e. The molecule has 0 bridgehead atoms. The van der Waals surface area contributed by atoms with Gasteiger partial charge in [-0.05, 0) is 47.9 Å². The van der Waals surface area contributed by atoms with Gasteiger partial charge in [-0.1, -0.05) is 42.5 Å². The molecular formula is C21H28IN3O. The van der Waals surface area contributed by atoms with Crippen LogP contribution in [0.4, 0.5) is 0 Å². The van der Waals surface area contributed by atoms with E-state index in [-0.39, 0.29) is 24.0 Å². The highest BCUT2D eigenvalue weighted by Crippen LogP contribution is 2.46. The number of nitrogens with one attached hydrogen (secondary N) is 2. The Hall–Kier alpha value is -1.76. The maximum absolute atomic E-state index is 5.19. The quantitative estimate of drug-likeness (QED) is 0.371. The zero-order valence-electron chi connectivity index (χ0n) is 15.4. The highest BCUT2D eigenvalue weighted by Gasteiger charge is 2.37. The van der Waals surface area contributed by atoms with E-state index in [1.54, 1.807) is 7.11 Å². The lowest BCUT2D eigenvalue weighted by Gasteiger charge is -2.12. The van der Waals surface area contributed by atoms with E-state index in [4.69, 9.17) is 4.74 Å². The number of benzene rings is 2. The largest absolute Gasteiger partial charge is 0.497 e. The normalized spacial score (nSPS) is 18.6. The van der Waals surface area contributed by atoms with Crippen molar-refractivity contribution in [2.24, 2.45) is 10.9 Å². The molecule has 5 heteroatoms. The summed E-state index contributed by atoms with van der Waals surface area (Å²) in [5, 5.41) is 6.85. The number of guanidine groups is 1. The van der Waals surface area contributed by atoms with Crippen molar-refractivity contribution >= 4 is 29.9 Å². The van der Waals surface area contributed by atoms with Gasteiger partial charge in [0.2, 0.25) is 0 Å². The van der Waals surface area contributed by atoms with Gasteiger partial charge in [0, 0.05) is 20.1 Å². The van der Waals surface area contributed by atoms with Gasteiger partial charge in [0.1, 0.15) is 5.75 Å². The van der Waals surface area contributed by atoms with Gasteiger partial charge in [0.25, 0.3) is 0 Å². The first kappa shape index (κ1) is 20.6. The van der Waals surface area contributed by atoms with Crippen molar-refractivity contribution in [2.75, 3.05) is 27.2 Å². The summed E-state index contributed by atoms with van der Waals surface area (Å²) >= 11 is 0. The Balaban J connectivity index is 0.00000243. The molecule has 3 rings (SSSR count). The van der Waals surface area contributed by atoms with Crippen LogP contribution in [0.25, 0.3) is 0 Å². The molecule has 0 heterocycles. The van der Waals surface area contributed by atoms with E-state index in [1.165, 1.54) is 17.5 Å². The van der Waals surface area contributed by atoms with Crippen molar-refractivity contribution < 1.29 is 4.74 Å². The summed E-state index contributed by atoms with van der Waals surface area (Å²) in [5.41, 5.74) is 2.74. The molecular weight excluding hydrogens is 437 g/mol. The lowest BCUT2D eigenvalue weighted by molar-refractivity contribution is 0.414. The van der Waals surface area contributed by atoms with Crippen molar-refractivity contribution in [3.05, 3.63) is 65.7 Å². The molecule has 2 unspecified atom stereocenters. The molecule has 2 aromatic rings. The lowest BCUT2D eigenvalue weighted by Crippen LogP contribution is -2.39. The zero-order chi connectivity index (χ0) is 17.5. The summed E-state index contributed by atoms with van der Waals surface area (Å²) in [6.07, 6.45) is 2.22. The molecule has 0 spiro atoms. The number of aliphatic imine (C=N–C) groups is 1. The second-order valence-electron chi connectivity index (χ2n) is 6.49. The van der Waals surface area contributed by atoms with E-state index in [2.05, 4.69) is 58.1 Å². The van der Waals surface area contributed by atoms with Crippen molar-refractivity contribution in [3.63, 3.8) is 0 Å². The molecule has 0 amide bonds. The highest BCUT2D eigenvalue weighted by atomic mass is 127. The van der Waals surface area contributed by atoms with Crippen LogP contribution in [0.1, 0.15) is 23.5 Å². The molecule has 0 saturated heterocycles. The third-order valence-electron chi connectivity index (χ3n) is 4.77. The molecule has 0 aliphatic heterocycles. The van der Waals surface area contributed by atoms with Crippen molar-refractivity contribution in [1.29, 1.82) is 0 Å². The minimum absolute atomic E-state index is 0. The number of halogens is 1. The first-order valence-corrected chi connectivity index (χ1v) is 8.92. The van der Waals surface area contributed by atoms with Crippen LogP contribution in [0.2, 0.25) is 0 Å². The fourth-order valence-corrected chi connectivity index (χ4v) is 3.15. The van der Waals surface area contributed by atoms with Crippen LogP contribution in [0.3, 0.4) is 0 Å². The van der Waals surface area contributed by atoms with Crippen LogP contribution in [-0.2, 0) is 6.42 Å². The minimum atomic E-state index is 0. The summed E-state index contributed by atoms with van der Waals surface area (Å²) in [5.74, 6) is 3.19. The predicted octanol–water partition coefficient (Wildman–Crippen LogP) is 3.82. The van der Waals surface area contributed by atoms with Gasteiger partial charge in [-0.3, -0.25) is 4.99 Å². The Morgan fingerprint density at radius 2 is 1.81 bits per heavy atom. The molecule has 1 fully saturated rings. The molecule has 1 aliphatic rings. The fraction of sp³-hybridized carbons (Fsp3) is 0.381. The van der Waals surface area contributed by atoms with Gasteiger partial charge in [0.05, 0.1) is 7.11 Å². The van der Waals surface area contributed by atoms with Crippen molar-refractivity contribution in [3.8, 4) is 5.75 Å². The molecule has 1 saturated carbocycles. The Kier molecular flexibility index (Phi) is 8.22. The number of ether oxygens (including phenoxy) is 1. The number of hydrogen-bond donors (Lipinski definition) is 2. The second kappa shape index (κ2) is 10.4. The van der Waals surface area contributed by atoms with E-state index >= 15 is 0 Å². The Morgan fingerprint density at radius 1 is 1.08 bits per heavy atom. The highest BCUT2D eigenvalue weighted by molar-refractivity contribution is 14.0. The SMILES string of the molecule is CN=C(NCCc1ccc(OC)cc1)NCC1CC1c1ccccc1.I. The van der Waals surface area contributed by atoms with E-state index in [1.807, 2.05) is 19.2 Å². The lowest BCUT2D eigenvalue weighted by atomic mass is 10.1. The van der Waals surface area contributed by atoms with Crippen molar-refractivity contribution in [1.82, 2.24) is 10.6 Å². The van der Waals surface area contributed by atoms with Gasteiger partial charge in [-0.25, -0.2) is 0 Å². The summed E-state index contributed by atoms with van der Waals surface area (Å²) in [7, 11) is 3.51. The number of rotatable bonds is 7. The third kappa shape index (κ3) is 5.90. The van der Waals surface area contributed by atoms with Gasteiger partial charge in [-0.15, -0.1) is 24.0 Å². The standard InChI is InChI=1S/C21H27N3O.HI/c1-22-21(23-13-12-16-8-10-19(25-2)11-9-16)24-15-18-14-20(18)17-6-4-3-5-7-17;/h3-11,18,20H,12-15H2,1-2H3,(H2,22,23,24);1H. The summed E-state index contributed by atoms with van der Waals surface area (Å²) in [6.45, 7) is 1.83.